The van der Waals surface area contributed by atoms with Crippen LogP contribution in [0.1, 0.15) is 5.76 Å². The molecule has 0 saturated heterocycles. The van der Waals surface area contributed by atoms with Crippen LogP contribution >= 0.6 is 0 Å². The van der Waals surface area contributed by atoms with Crippen LogP contribution in [0.5, 0.6) is 0 Å². The zero-order valence-electron chi connectivity index (χ0n) is 7.68. The van der Waals surface area contributed by atoms with E-state index in [9.17, 15) is 4.79 Å². The molecule has 0 aliphatic rings. The summed E-state index contributed by atoms with van der Waals surface area (Å²) in [6, 6.07) is 7.12. The molecule has 0 aliphatic heterocycles. The highest BCUT2D eigenvalue weighted by molar-refractivity contribution is 5.73. The fraction of sp³-hybridized carbons (Fsp3) is 0. The average molecular weight is 198 g/mol. The smallest absolute Gasteiger partial charge is 0.210 e. The zero-order chi connectivity index (χ0) is 10.5. The molecule has 0 radical (unpaired) electrons. The van der Waals surface area contributed by atoms with Crippen LogP contribution in [0, 0.1) is 11.8 Å². The maximum Gasteiger partial charge on any atom is 0.210 e. The summed E-state index contributed by atoms with van der Waals surface area (Å²) >= 11 is 0. The molecule has 0 bridgehead atoms. The Morgan fingerprint density at radius 2 is 2.27 bits per heavy atom. The van der Waals surface area contributed by atoms with Crippen LogP contribution in [-0.2, 0) is 4.79 Å². The molecule has 0 unspecified atom stereocenters. The first-order chi connectivity index (χ1) is 7.40. The molecule has 0 saturated carbocycles. The van der Waals surface area contributed by atoms with Gasteiger partial charge in [0.1, 0.15) is 5.69 Å². The lowest BCUT2D eigenvalue weighted by atomic mass is 10.2. The molecule has 72 valence electrons. The molecule has 2 aromatic heterocycles. The Bertz CT molecular complexity index is 520. The lowest BCUT2D eigenvalue weighted by molar-refractivity contribution is -0.103. The summed E-state index contributed by atoms with van der Waals surface area (Å²) in [6.07, 6.45) is 2.17. The number of carbonyl (C=O) groups is 1. The third kappa shape index (κ3) is 2.09. The van der Waals surface area contributed by atoms with Gasteiger partial charge >= 0.3 is 0 Å². The van der Waals surface area contributed by atoms with Gasteiger partial charge in [-0.1, -0.05) is 11.2 Å². The third-order valence-corrected chi connectivity index (χ3v) is 1.69. The van der Waals surface area contributed by atoms with Crippen molar-refractivity contribution in [1.82, 2.24) is 10.1 Å². The van der Waals surface area contributed by atoms with Gasteiger partial charge in [-0.3, -0.25) is 9.78 Å². The monoisotopic (exact) mass is 198 g/mol. The van der Waals surface area contributed by atoms with Crippen molar-refractivity contribution in [1.29, 1.82) is 0 Å². The minimum absolute atomic E-state index is 0.350. The van der Waals surface area contributed by atoms with E-state index >= 15 is 0 Å². The minimum atomic E-state index is 0.350. The largest absolute Gasteiger partial charge is 0.347 e. The van der Waals surface area contributed by atoms with E-state index in [0.717, 1.165) is 0 Å². The molecule has 0 N–H and O–H groups in total. The summed E-state index contributed by atoms with van der Waals surface area (Å²) in [5.74, 6) is 5.10. The standard InChI is InChI=1S/C11H6N2O2/c14-7-3-4-9-8-11(13-15-9)10-5-1-2-6-12-10/h1-2,5-8H. The van der Waals surface area contributed by atoms with Gasteiger partial charge in [-0.25, -0.2) is 0 Å². The van der Waals surface area contributed by atoms with Crippen molar-refractivity contribution >= 4 is 6.29 Å². The fourth-order valence-electron chi connectivity index (χ4n) is 1.07. The highest BCUT2D eigenvalue weighted by atomic mass is 16.5. The summed E-state index contributed by atoms with van der Waals surface area (Å²) in [5, 5.41) is 3.78. The van der Waals surface area contributed by atoms with E-state index in [1.165, 1.54) is 0 Å². The fourth-order valence-corrected chi connectivity index (χ4v) is 1.07. The van der Waals surface area contributed by atoms with Crippen LogP contribution in [0.25, 0.3) is 11.4 Å². The molecule has 0 spiro atoms. The molecule has 0 aliphatic carbocycles. The van der Waals surface area contributed by atoms with Crippen molar-refractivity contribution in [3.8, 4) is 23.2 Å². The zero-order valence-corrected chi connectivity index (χ0v) is 7.68. The Morgan fingerprint density at radius 1 is 1.33 bits per heavy atom. The second-order valence-electron chi connectivity index (χ2n) is 2.68. The van der Waals surface area contributed by atoms with Crippen molar-refractivity contribution in [3.63, 3.8) is 0 Å². The van der Waals surface area contributed by atoms with E-state index in [0.29, 0.717) is 23.4 Å². The highest BCUT2D eigenvalue weighted by Crippen LogP contribution is 2.15. The van der Waals surface area contributed by atoms with Gasteiger partial charge < -0.3 is 4.52 Å². The lowest BCUT2D eigenvalue weighted by Crippen LogP contribution is -1.79. The van der Waals surface area contributed by atoms with Gasteiger partial charge in [0.2, 0.25) is 5.76 Å². The molecule has 2 rings (SSSR count). The van der Waals surface area contributed by atoms with Gasteiger partial charge in [-0.05, 0) is 24.0 Å². The van der Waals surface area contributed by atoms with Crippen LogP contribution in [0.3, 0.4) is 0 Å². The van der Waals surface area contributed by atoms with Crippen molar-refractivity contribution in [2.75, 3.05) is 0 Å². The van der Waals surface area contributed by atoms with E-state index < -0.39 is 0 Å². The van der Waals surface area contributed by atoms with E-state index in [1.54, 1.807) is 12.3 Å². The lowest BCUT2D eigenvalue weighted by Gasteiger charge is -1.89. The quantitative estimate of drug-likeness (QED) is 0.511. The highest BCUT2D eigenvalue weighted by Gasteiger charge is 2.04. The molecular weight excluding hydrogens is 192 g/mol. The van der Waals surface area contributed by atoms with Gasteiger partial charge in [0.05, 0.1) is 5.69 Å². The van der Waals surface area contributed by atoms with E-state index in [2.05, 4.69) is 22.0 Å². The van der Waals surface area contributed by atoms with Gasteiger partial charge in [-0.2, -0.15) is 0 Å². The molecule has 2 aromatic rings. The first-order valence-corrected chi connectivity index (χ1v) is 4.23. The number of aromatic nitrogens is 2. The summed E-state index contributed by atoms with van der Waals surface area (Å²) < 4.78 is 4.90. The SMILES string of the molecule is O=CC#Cc1cc(-c2ccccn2)no1. The van der Waals surface area contributed by atoms with Crippen molar-refractivity contribution in [3.05, 3.63) is 36.2 Å². The van der Waals surface area contributed by atoms with Crippen molar-refractivity contribution in [2.24, 2.45) is 0 Å². The Morgan fingerprint density at radius 3 is 3.00 bits per heavy atom. The minimum Gasteiger partial charge on any atom is -0.347 e. The molecule has 4 nitrogen and oxygen atoms in total. The topological polar surface area (TPSA) is 56.0 Å². The maximum atomic E-state index is 10.0. The predicted molar refractivity (Wildman–Crippen MR) is 52.7 cm³/mol. The van der Waals surface area contributed by atoms with Crippen LogP contribution < -0.4 is 0 Å². The molecule has 15 heavy (non-hydrogen) atoms. The van der Waals surface area contributed by atoms with Crippen LogP contribution in [0.4, 0.5) is 0 Å². The van der Waals surface area contributed by atoms with Crippen LogP contribution in [-0.4, -0.2) is 16.4 Å². The van der Waals surface area contributed by atoms with Gasteiger partial charge in [0.25, 0.3) is 0 Å². The Balaban J connectivity index is 2.32. The molecule has 0 atom stereocenters. The second kappa shape index (κ2) is 4.20. The second-order valence-corrected chi connectivity index (χ2v) is 2.68. The van der Waals surface area contributed by atoms with Gasteiger partial charge in [0.15, 0.2) is 6.29 Å². The molecule has 0 fully saturated rings. The molecule has 4 heteroatoms. The van der Waals surface area contributed by atoms with Crippen molar-refractivity contribution < 1.29 is 9.32 Å². The Labute approximate surface area is 85.9 Å². The summed E-state index contributed by atoms with van der Waals surface area (Å²) in [4.78, 5) is 14.1. The van der Waals surface area contributed by atoms with Gasteiger partial charge in [-0.15, -0.1) is 0 Å². The number of hydrogen-bond donors (Lipinski definition) is 0. The first-order valence-electron chi connectivity index (χ1n) is 4.23. The maximum absolute atomic E-state index is 10.0. The molecule has 0 aromatic carbocycles. The molecular formula is C11H6N2O2. The van der Waals surface area contributed by atoms with Gasteiger partial charge in [0, 0.05) is 12.3 Å². The van der Waals surface area contributed by atoms with Crippen molar-refractivity contribution in [2.45, 2.75) is 0 Å². The number of nitrogens with zero attached hydrogens (tertiary/aromatic N) is 2. The van der Waals surface area contributed by atoms with E-state index in [-0.39, 0.29) is 0 Å². The third-order valence-electron chi connectivity index (χ3n) is 1.69. The predicted octanol–water partition coefficient (Wildman–Crippen LogP) is 1.29. The van der Waals surface area contributed by atoms with E-state index in [4.69, 9.17) is 4.52 Å². The van der Waals surface area contributed by atoms with Crippen LogP contribution in [0.15, 0.2) is 35.0 Å². The first kappa shape index (κ1) is 9.16. The molecule has 2 heterocycles. The number of aldehydes is 1. The number of rotatable bonds is 1. The molecule has 0 amide bonds. The number of carbonyl (C=O) groups excluding carboxylic acids is 1. The summed E-state index contributed by atoms with van der Waals surface area (Å²) in [5.41, 5.74) is 1.31. The normalized spacial score (nSPS) is 9.07. The average Bonchev–Trinajstić information content (AvgIpc) is 2.76. The Hall–Kier alpha value is -2.41. The summed E-state index contributed by atoms with van der Waals surface area (Å²) in [7, 11) is 0. The summed E-state index contributed by atoms with van der Waals surface area (Å²) in [6.45, 7) is 0. The number of pyridine rings is 1. The van der Waals surface area contributed by atoms with Crippen LogP contribution in [0.2, 0.25) is 0 Å². The number of hydrogen-bond acceptors (Lipinski definition) is 4. The Kier molecular flexibility index (Phi) is 2.56. The van der Waals surface area contributed by atoms with E-state index in [1.807, 2.05) is 18.2 Å².